The third-order valence-electron chi connectivity index (χ3n) is 5.21. The number of nitrogens with one attached hydrogen (secondary N) is 1. The predicted molar refractivity (Wildman–Crippen MR) is 111 cm³/mol. The minimum atomic E-state index is 0.213. The summed E-state index contributed by atoms with van der Waals surface area (Å²) in [6, 6.07) is 15.9. The first kappa shape index (κ1) is 18.1. The summed E-state index contributed by atoms with van der Waals surface area (Å²) in [5, 5.41) is 19.3. The molecule has 0 radical (unpaired) electrons. The Morgan fingerprint density at radius 3 is 2.61 bits per heavy atom. The molecule has 2 aromatic carbocycles. The van der Waals surface area contributed by atoms with Gasteiger partial charge in [0, 0.05) is 13.1 Å². The monoisotopic (exact) mass is 376 g/mol. The van der Waals surface area contributed by atoms with Crippen molar-refractivity contribution < 1.29 is 9.84 Å². The van der Waals surface area contributed by atoms with Crippen molar-refractivity contribution >= 4 is 22.4 Å². The van der Waals surface area contributed by atoms with Crippen LogP contribution in [0.5, 0.6) is 5.75 Å². The average Bonchev–Trinajstić information content (AvgIpc) is 3.22. The number of para-hydroxylation sites is 2. The van der Waals surface area contributed by atoms with Gasteiger partial charge in [0.2, 0.25) is 0 Å². The van der Waals surface area contributed by atoms with Crippen LogP contribution in [0.15, 0.2) is 54.3 Å². The Kier molecular flexibility index (Phi) is 4.77. The quantitative estimate of drug-likeness (QED) is 0.685. The number of aryl methyl sites for hydroxylation is 1. The Hall–Kier alpha value is -3.28. The van der Waals surface area contributed by atoms with Crippen LogP contribution in [0.1, 0.15) is 18.3 Å². The molecule has 2 heterocycles. The zero-order valence-electron chi connectivity index (χ0n) is 16.1. The van der Waals surface area contributed by atoms with Gasteiger partial charge in [0.1, 0.15) is 23.2 Å². The first-order chi connectivity index (χ1) is 13.6. The van der Waals surface area contributed by atoms with Crippen molar-refractivity contribution in [2.45, 2.75) is 19.9 Å². The number of ether oxygens (including phenoxy) is 1. The smallest absolute Gasteiger partial charge is 0.148 e. The SMILES string of the molecule is CCn1c(C2=C(O)CN(CCc3ccc(OC)cc3)C2=N)nc2ccccc21. The highest BCUT2D eigenvalue weighted by Crippen LogP contribution is 2.29. The van der Waals surface area contributed by atoms with E-state index in [0.717, 1.165) is 29.7 Å². The summed E-state index contributed by atoms with van der Waals surface area (Å²) in [5.74, 6) is 2.04. The van der Waals surface area contributed by atoms with E-state index in [1.54, 1.807) is 7.11 Å². The molecule has 0 unspecified atom stereocenters. The van der Waals surface area contributed by atoms with Crippen molar-refractivity contribution in [2.75, 3.05) is 20.2 Å². The molecular weight excluding hydrogens is 352 g/mol. The van der Waals surface area contributed by atoms with Crippen molar-refractivity contribution in [1.82, 2.24) is 14.5 Å². The molecule has 6 heteroatoms. The fourth-order valence-corrected chi connectivity index (χ4v) is 3.70. The number of benzene rings is 2. The Morgan fingerprint density at radius 1 is 1.14 bits per heavy atom. The standard InChI is InChI=1S/C22H24N4O2/c1-3-26-18-7-5-4-6-17(18)24-22(26)20-19(27)14-25(21(20)23)13-12-15-8-10-16(28-2)11-9-15/h4-11,23,27H,3,12-14H2,1-2H3. The van der Waals surface area contributed by atoms with Gasteiger partial charge in [-0.05, 0) is 43.2 Å². The van der Waals surface area contributed by atoms with Crippen molar-refractivity contribution in [3.05, 3.63) is 65.7 Å². The first-order valence-corrected chi connectivity index (χ1v) is 9.47. The molecule has 1 aromatic heterocycles. The lowest BCUT2D eigenvalue weighted by Gasteiger charge is -2.19. The molecule has 2 N–H and O–H groups in total. The number of fused-ring (bicyclic) bond motifs is 1. The minimum Gasteiger partial charge on any atom is -0.510 e. The summed E-state index contributed by atoms with van der Waals surface area (Å²) in [6.45, 7) is 3.78. The number of imidazole rings is 1. The highest BCUT2D eigenvalue weighted by Gasteiger charge is 2.31. The average molecular weight is 376 g/mol. The van der Waals surface area contributed by atoms with Gasteiger partial charge in [0.25, 0.3) is 0 Å². The van der Waals surface area contributed by atoms with Gasteiger partial charge in [-0.25, -0.2) is 4.98 Å². The molecule has 6 nitrogen and oxygen atoms in total. The van der Waals surface area contributed by atoms with Gasteiger partial charge in [-0.3, -0.25) is 5.41 Å². The predicted octanol–water partition coefficient (Wildman–Crippen LogP) is 3.87. The number of methoxy groups -OCH3 is 1. The number of aliphatic hydroxyl groups is 1. The molecule has 0 saturated heterocycles. The van der Waals surface area contributed by atoms with Crippen LogP contribution in [0.25, 0.3) is 16.6 Å². The second kappa shape index (κ2) is 7.38. The molecule has 0 aliphatic carbocycles. The normalized spacial score (nSPS) is 14.4. The van der Waals surface area contributed by atoms with E-state index in [1.165, 1.54) is 5.56 Å². The zero-order valence-corrected chi connectivity index (χ0v) is 16.1. The fourth-order valence-electron chi connectivity index (χ4n) is 3.70. The lowest BCUT2D eigenvalue weighted by atomic mass is 10.1. The highest BCUT2D eigenvalue weighted by molar-refractivity contribution is 6.23. The van der Waals surface area contributed by atoms with Crippen LogP contribution in [-0.4, -0.2) is 45.6 Å². The van der Waals surface area contributed by atoms with Gasteiger partial charge in [-0.15, -0.1) is 0 Å². The highest BCUT2D eigenvalue weighted by atomic mass is 16.5. The van der Waals surface area contributed by atoms with Gasteiger partial charge in [-0.1, -0.05) is 24.3 Å². The van der Waals surface area contributed by atoms with E-state index < -0.39 is 0 Å². The van der Waals surface area contributed by atoms with Crippen LogP contribution in [0, 0.1) is 5.41 Å². The molecule has 144 valence electrons. The number of hydrogen-bond donors (Lipinski definition) is 2. The van der Waals surface area contributed by atoms with Gasteiger partial charge < -0.3 is 19.3 Å². The van der Waals surface area contributed by atoms with Crippen LogP contribution in [0.3, 0.4) is 0 Å². The molecule has 1 aliphatic heterocycles. The summed E-state index contributed by atoms with van der Waals surface area (Å²) >= 11 is 0. The van der Waals surface area contributed by atoms with Crippen molar-refractivity contribution in [3.63, 3.8) is 0 Å². The molecule has 1 aliphatic rings. The Balaban J connectivity index is 1.55. The second-order valence-electron chi connectivity index (χ2n) is 6.86. The second-order valence-corrected chi connectivity index (χ2v) is 6.86. The topological polar surface area (TPSA) is 74.4 Å². The van der Waals surface area contributed by atoms with Crippen molar-refractivity contribution in [1.29, 1.82) is 5.41 Å². The van der Waals surface area contributed by atoms with Crippen LogP contribution >= 0.6 is 0 Å². The van der Waals surface area contributed by atoms with Crippen LogP contribution < -0.4 is 4.74 Å². The maximum Gasteiger partial charge on any atom is 0.148 e. The lowest BCUT2D eigenvalue weighted by Crippen LogP contribution is -2.29. The number of rotatable bonds is 6. The lowest BCUT2D eigenvalue weighted by molar-refractivity contribution is 0.351. The maximum absolute atomic E-state index is 10.6. The van der Waals surface area contributed by atoms with E-state index in [2.05, 4.69) is 11.5 Å². The van der Waals surface area contributed by atoms with Crippen LogP contribution in [0.2, 0.25) is 0 Å². The number of aliphatic hydroxyl groups excluding tert-OH is 1. The molecule has 0 amide bonds. The van der Waals surface area contributed by atoms with Gasteiger partial charge in [0.05, 0.1) is 30.3 Å². The van der Waals surface area contributed by atoms with Crippen molar-refractivity contribution in [3.8, 4) is 5.75 Å². The van der Waals surface area contributed by atoms with E-state index in [1.807, 2.05) is 53.4 Å². The van der Waals surface area contributed by atoms with E-state index in [9.17, 15) is 5.11 Å². The molecule has 0 saturated carbocycles. The summed E-state index contributed by atoms with van der Waals surface area (Å²) in [4.78, 5) is 6.60. The zero-order chi connectivity index (χ0) is 19.7. The Bertz CT molecular complexity index is 1050. The molecule has 0 atom stereocenters. The molecule has 28 heavy (non-hydrogen) atoms. The molecular formula is C22H24N4O2. The van der Waals surface area contributed by atoms with Crippen LogP contribution in [0.4, 0.5) is 0 Å². The third kappa shape index (κ3) is 3.11. The summed E-state index contributed by atoms with van der Waals surface area (Å²) in [7, 11) is 1.65. The third-order valence-corrected chi connectivity index (χ3v) is 5.21. The number of hydrogen-bond acceptors (Lipinski definition) is 4. The van der Waals surface area contributed by atoms with E-state index in [0.29, 0.717) is 30.3 Å². The number of nitrogens with zero attached hydrogens (tertiary/aromatic N) is 3. The summed E-state index contributed by atoms with van der Waals surface area (Å²) < 4.78 is 7.25. The Labute approximate surface area is 164 Å². The van der Waals surface area contributed by atoms with Crippen LogP contribution in [-0.2, 0) is 13.0 Å². The van der Waals surface area contributed by atoms with E-state index >= 15 is 0 Å². The van der Waals surface area contributed by atoms with E-state index in [4.69, 9.17) is 15.1 Å². The Morgan fingerprint density at radius 2 is 1.89 bits per heavy atom. The van der Waals surface area contributed by atoms with Gasteiger partial charge in [-0.2, -0.15) is 0 Å². The fraction of sp³-hybridized carbons (Fsp3) is 0.273. The first-order valence-electron chi connectivity index (χ1n) is 9.47. The number of amidine groups is 1. The summed E-state index contributed by atoms with van der Waals surface area (Å²) in [6.07, 6.45) is 0.789. The van der Waals surface area contributed by atoms with E-state index in [-0.39, 0.29) is 5.76 Å². The van der Waals surface area contributed by atoms with Crippen molar-refractivity contribution in [2.24, 2.45) is 0 Å². The molecule has 4 rings (SSSR count). The molecule has 0 bridgehead atoms. The summed E-state index contributed by atoms with van der Waals surface area (Å²) in [5.41, 5.74) is 3.60. The van der Waals surface area contributed by atoms with Gasteiger partial charge >= 0.3 is 0 Å². The molecule has 0 spiro atoms. The largest absolute Gasteiger partial charge is 0.510 e. The number of aromatic nitrogens is 2. The van der Waals surface area contributed by atoms with Gasteiger partial charge in [0.15, 0.2) is 0 Å². The molecule has 0 fully saturated rings. The minimum absolute atomic E-state index is 0.213. The maximum atomic E-state index is 10.6. The molecule has 3 aromatic rings.